The van der Waals surface area contributed by atoms with Gasteiger partial charge in [0.15, 0.2) is 5.11 Å². The van der Waals surface area contributed by atoms with Crippen molar-refractivity contribution in [1.29, 1.82) is 0 Å². The van der Waals surface area contributed by atoms with Gasteiger partial charge in [-0.05, 0) is 69.3 Å². The molecule has 0 unspecified atom stereocenters. The Bertz CT molecular complexity index is 1040. The van der Waals surface area contributed by atoms with E-state index in [1.807, 2.05) is 36.4 Å². The SMILES string of the molecule is NC(=S)N(CCCN1CCCCC1)NC(=O)c1ccc2nc(-c3ccccc3)[nH]c2c1. The van der Waals surface area contributed by atoms with Crippen molar-refractivity contribution in [3.8, 4) is 11.4 Å². The summed E-state index contributed by atoms with van der Waals surface area (Å²) in [6.45, 7) is 3.86. The highest BCUT2D eigenvalue weighted by Gasteiger charge is 2.15. The molecule has 162 valence electrons. The molecule has 1 aliphatic heterocycles. The molecular formula is C23H28N6OS. The number of hydrogen-bond donors (Lipinski definition) is 3. The number of carbonyl (C=O) groups excluding carboxylic acids is 1. The van der Waals surface area contributed by atoms with E-state index in [4.69, 9.17) is 18.0 Å². The fourth-order valence-electron chi connectivity index (χ4n) is 3.93. The number of amides is 1. The molecule has 0 aliphatic carbocycles. The monoisotopic (exact) mass is 436 g/mol. The van der Waals surface area contributed by atoms with Crippen LogP contribution in [0.5, 0.6) is 0 Å². The number of nitrogens with zero attached hydrogens (tertiary/aromatic N) is 3. The van der Waals surface area contributed by atoms with E-state index in [2.05, 4.69) is 20.3 Å². The standard InChI is InChI=1S/C23H28N6OS/c24-23(31)29(15-7-14-28-12-5-2-6-13-28)27-22(30)18-10-11-19-20(16-18)26-21(25-19)17-8-3-1-4-9-17/h1,3-4,8-11,16H,2,5-7,12-15H2,(H2,24,31)(H,25,26)(H,27,30). The number of thiocarbonyl (C=S) groups is 1. The fraction of sp³-hybridized carbons (Fsp3) is 0.348. The van der Waals surface area contributed by atoms with Gasteiger partial charge in [0.1, 0.15) is 5.82 Å². The molecule has 7 nitrogen and oxygen atoms in total. The normalized spacial score (nSPS) is 14.5. The van der Waals surface area contributed by atoms with Crippen LogP contribution in [0.3, 0.4) is 0 Å². The van der Waals surface area contributed by atoms with Gasteiger partial charge in [-0.2, -0.15) is 0 Å². The first-order valence-electron chi connectivity index (χ1n) is 10.8. The van der Waals surface area contributed by atoms with Crippen LogP contribution in [0, 0.1) is 0 Å². The smallest absolute Gasteiger partial charge is 0.269 e. The van der Waals surface area contributed by atoms with Gasteiger partial charge in [0.05, 0.1) is 11.0 Å². The van der Waals surface area contributed by atoms with Crippen molar-refractivity contribution in [2.75, 3.05) is 26.2 Å². The fourth-order valence-corrected chi connectivity index (χ4v) is 4.06. The molecule has 1 saturated heterocycles. The number of nitrogens with one attached hydrogen (secondary N) is 2. The van der Waals surface area contributed by atoms with E-state index in [1.165, 1.54) is 19.3 Å². The van der Waals surface area contributed by atoms with Gasteiger partial charge >= 0.3 is 0 Å². The first-order valence-corrected chi connectivity index (χ1v) is 11.2. The molecule has 0 spiro atoms. The number of H-pyrrole nitrogens is 1. The number of carbonyl (C=O) groups is 1. The van der Waals surface area contributed by atoms with Gasteiger partial charge in [-0.3, -0.25) is 15.2 Å². The number of likely N-dealkylation sites (tertiary alicyclic amines) is 1. The Hall–Kier alpha value is -2.97. The number of nitrogens with two attached hydrogens (primary N) is 1. The molecule has 31 heavy (non-hydrogen) atoms. The van der Waals surface area contributed by atoms with Crippen LogP contribution < -0.4 is 11.2 Å². The average molecular weight is 437 g/mol. The summed E-state index contributed by atoms with van der Waals surface area (Å²) >= 11 is 5.15. The largest absolute Gasteiger partial charge is 0.375 e. The molecule has 1 fully saturated rings. The highest BCUT2D eigenvalue weighted by atomic mass is 32.1. The average Bonchev–Trinajstić information content (AvgIpc) is 3.23. The van der Waals surface area contributed by atoms with Gasteiger partial charge in [0, 0.05) is 17.7 Å². The highest BCUT2D eigenvalue weighted by molar-refractivity contribution is 7.80. The Morgan fingerprint density at radius 3 is 2.68 bits per heavy atom. The molecular weight excluding hydrogens is 408 g/mol. The Kier molecular flexibility index (Phi) is 6.79. The molecule has 0 radical (unpaired) electrons. The minimum absolute atomic E-state index is 0.168. The number of benzene rings is 2. The zero-order valence-electron chi connectivity index (χ0n) is 17.5. The third-order valence-electron chi connectivity index (χ3n) is 5.60. The van der Waals surface area contributed by atoms with E-state index in [0.29, 0.717) is 12.1 Å². The molecule has 2 aromatic carbocycles. The lowest BCUT2D eigenvalue weighted by atomic mass is 10.1. The second kappa shape index (κ2) is 9.89. The zero-order valence-corrected chi connectivity index (χ0v) is 18.3. The van der Waals surface area contributed by atoms with E-state index in [1.54, 1.807) is 17.1 Å². The topological polar surface area (TPSA) is 90.3 Å². The first-order chi connectivity index (χ1) is 15.1. The van der Waals surface area contributed by atoms with Crippen LogP contribution in [0.2, 0.25) is 0 Å². The van der Waals surface area contributed by atoms with Crippen molar-refractivity contribution in [3.05, 3.63) is 54.1 Å². The van der Waals surface area contributed by atoms with Gasteiger partial charge in [-0.1, -0.05) is 36.8 Å². The molecule has 4 N–H and O–H groups in total. The summed E-state index contributed by atoms with van der Waals surface area (Å²) in [7, 11) is 0. The predicted molar refractivity (Wildman–Crippen MR) is 127 cm³/mol. The number of piperidine rings is 1. The number of aromatic amines is 1. The lowest BCUT2D eigenvalue weighted by Gasteiger charge is -2.28. The Morgan fingerprint density at radius 1 is 1.16 bits per heavy atom. The molecule has 3 aromatic rings. The second-order valence-electron chi connectivity index (χ2n) is 7.87. The van der Waals surface area contributed by atoms with Gasteiger partial charge in [-0.25, -0.2) is 4.98 Å². The number of hydrazine groups is 1. The maximum Gasteiger partial charge on any atom is 0.269 e. The van der Waals surface area contributed by atoms with Crippen LogP contribution in [0.4, 0.5) is 0 Å². The van der Waals surface area contributed by atoms with E-state index in [0.717, 1.165) is 48.5 Å². The molecule has 0 saturated carbocycles. The summed E-state index contributed by atoms with van der Waals surface area (Å²) in [5.41, 5.74) is 11.8. The predicted octanol–water partition coefficient (Wildman–Crippen LogP) is 3.30. The van der Waals surface area contributed by atoms with Gasteiger partial charge in [-0.15, -0.1) is 0 Å². The zero-order chi connectivity index (χ0) is 21.6. The Morgan fingerprint density at radius 2 is 1.94 bits per heavy atom. The summed E-state index contributed by atoms with van der Waals surface area (Å²) in [6, 6.07) is 15.3. The van der Waals surface area contributed by atoms with E-state index in [-0.39, 0.29) is 11.0 Å². The van der Waals surface area contributed by atoms with Crippen LogP contribution in [0.25, 0.3) is 22.4 Å². The van der Waals surface area contributed by atoms with Gasteiger partial charge < -0.3 is 15.6 Å². The van der Waals surface area contributed by atoms with Crippen LogP contribution in [-0.4, -0.2) is 57.1 Å². The van der Waals surface area contributed by atoms with E-state index in [9.17, 15) is 4.79 Å². The Balaban J connectivity index is 1.40. The van der Waals surface area contributed by atoms with Crippen LogP contribution >= 0.6 is 12.2 Å². The number of aromatic nitrogens is 2. The number of hydrogen-bond acceptors (Lipinski definition) is 4. The summed E-state index contributed by atoms with van der Waals surface area (Å²) in [6.07, 6.45) is 4.73. The van der Waals surface area contributed by atoms with Crippen molar-refractivity contribution < 1.29 is 4.79 Å². The van der Waals surface area contributed by atoms with Crippen LogP contribution in [0.15, 0.2) is 48.5 Å². The third kappa shape index (κ3) is 5.39. The minimum Gasteiger partial charge on any atom is -0.375 e. The summed E-state index contributed by atoms with van der Waals surface area (Å²) < 4.78 is 0. The molecule has 4 rings (SSSR count). The minimum atomic E-state index is -0.247. The van der Waals surface area contributed by atoms with Gasteiger partial charge in [0.25, 0.3) is 5.91 Å². The molecule has 1 amide bonds. The lowest BCUT2D eigenvalue weighted by molar-refractivity contribution is 0.0866. The van der Waals surface area contributed by atoms with E-state index >= 15 is 0 Å². The summed E-state index contributed by atoms with van der Waals surface area (Å²) in [4.78, 5) is 23.2. The maximum atomic E-state index is 12.8. The summed E-state index contributed by atoms with van der Waals surface area (Å²) in [5.74, 6) is 0.527. The van der Waals surface area contributed by atoms with E-state index < -0.39 is 0 Å². The first kappa shape index (κ1) is 21.3. The molecule has 2 heterocycles. The van der Waals surface area contributed by atoms with Crippen molar-refractivity contribution in [2.24, 2.45) is 5.73 Å². The van der Waals surface area contributed by atoms with Crippen LogP contribution in [0.1, 0.15) is 36.0 Å². The molecule has 1 aliphatic rings. The molecule has 0 bridgehead atoms. The van der Waals surface area contributed by atoms with Crippen LogP contribution in [-0.2, 0) is 0 Å². The third-order valence-corrected chi connectivity index (χ3v) is 5.82. The summed E-state index contributed by atoms with van der Waals surface area (Å²) in [5, 5.41) is 1.73. The number of imidazole rings is 1. The lowest BCUT2D eigenvalue weighted by Crippen LogP contribution is -2.49. The number of rotatable bonds is 6. The molecule has 1 aromatic heterocycles. The molecule has 0 atom stereocenters. The highest BCUT2D eigenvalue weighted by Crippen LogP contribution is 2.21. The van der Waals surface area contributed by atoms with Crippen molar-refractivity contribution in [1.82, 2.24) is 25.3 Å². The van der Waals surface area contributed by atoms with Crippen molar-refractivity contribution in [3.63, 3.8) is 0 Å². The number of fused-ring (bicyclic) bond motifs is 1. The molecule has 8 heteroatoms. The van der Waals surface area contributed by atoms with Crippen molar-refractivity contribution in [2.45, 2.75) is 25.7 Å². The van der Waals surface area contributed by atoms with Gasteiger partial charge in [0.2, 0.25) is 0 Å². The Labute approximate surface area is 187 Å². The second-order valence-corrected chi connectivity index (χ2v) is 8.29. The quantitative estimate of drug-likeness (QED) is 0.406. The van der Waals surface area contributed by atoms with Crippen molar-refractivity contribution >= 4 is 34.3 Å². The maximum absolute atomic E-state index is 12.8.